The van der Waals surface area contributed by atoms with Crippen LogP contribution in [0.2, 0.25) is 0 Å². The van der Waals surface area contributed by atoms with Gasteiger partial charge in [-0.1, -0.05) is 18.2 Å². The maximum absolute atomic E-state index is 9.79. The fourth-order valence-corrected chi connectivity index (χ4v) is 2.77. The van der Waals surface area contributed by atoms with Crippen molar-refractivity contribution < 1.29 is 10.2 Å². The molecule has 0 aromatic heterocycles. The van der Waals surface area contributed by atoms with Crippen molar-refractivity contribution in [1.82, 2.24) is 0 Å². The monoisotopic (exact) mass is 207 g/mol. The minimum Gasteiger partial charge on any atom is -0.508 e. The summed E-state index contributed by atoms with van der Waals surface area (Å²) in [4.78, 5) is 0. The van der Waals surface area contributed by atoms with Crippen molar-refractivity contribution in [2.45, 2.75) is 30.8 Å². The Morgan fingerprint density at radius 3 is 2.40 bits per heavy atom. The molecule has 3 heteroatoms. The summed E-state index contributed by atoms with van der Waals surface area (Å²) in [7, 11) is 0. The predicted octanol–water partition coefficient (Wildman–Crippen LogP) is 1.13. The Morgan fingerprint density at radius 1 is 1.33 bits per heavy atom. The number of hydrogen-bond donors (Lipinski definition) is 3. The van der Waals surface area contributed by atoms with Crippen molar-refractivity contribution in [3.63, 3.8) is 0 Å². The van der Waals surface area contributed by atoms with Crippen LogP contribution in [-0.4, -0.2) is 22.4 Å². The Balaban J connectivity index is 2.34. The standard InChI is InChI=1S/C12H17NO2/c1-11(15)6-12(7-11,8-13)9-4-2-3-5-10(9)14/h2-5,14-15H,6-8,13H2,1H3. The number of rotatable bonds is 2. The molecule has 82 valence electrons. The van der Waals surface area contributed by atoms with E-state index in [4.69, 9.17) is 5.73 Å². The molecule has 0 radical (unpaired) electrons. The highest BCUT2D eigenvalue weighted by atomic mass is 16.3. The summed E-state index contributed by atoms with van der Waals surface area (Å²) in [6, 6.07) is 7.23. The third kappa shape index (κ3) is 1.62. The van der Waals surface area contributed by atoms with E-state index < -0.39 is 5.60 Å². The van der Waals surface area contributed by atoms with Crippen molar-refractivity contribution in [1.29, 1.82) is 0 Å². The number of phenolic OH excluding ortho intramolecular Hbond substituents is 1. The van der Waals surface area contributed by atoms with Gasteiger partial charge in [-0.25, -0.2) is 0 Å². The molecule has 4 N–H and O–H groups in total. The van der Waals surface area contributed by atoms with Crippen LogP contribution in [0.25, 0.3) is 0 Å². The topological polar surface area (TPSA) is 66.5 Å². The lowest BCUT2D eigenvalue weighted by Gasteiger charge is -2.51. The first-order valence-electron chi connectivity index (χ1n) is 5.20. The number of benzene rings is 1. The normalized spacial score (nSPS) is 34.9. The molecule has 0 aliphatic heterocycles. The Morgan fingerprint density at radius 2 is 1.93 bits per heavy atom. The molecule has 0 unspecified atom stereocenters. The zero-order valence-electron chi connectivity index (χ0n) is 8.90. The summed E-state index contributed by atoms with van der Waals surface area (Å²) in [6.07, 6.45) is 1.24. The Hall–Kier alpha value is -1.06. The SMILES string of the molecule is CC1(O)CC(CN)(c2ccccc2O)C1. The van der Waals surface area contributed by atoms with Crippen LogP contribution in [0.3, 0.4) is 0 Å². The number of aromatic hydroxyl groups is 1. The minimum atomic E-state index is -0.637. The summed E-state index contributed by atoms with van der Waals surface area (Å²) < 4.78 is 0. The van der Waals surface area contributed by atoms with Crippen molar-refractivity contribution in [2.24, 2.45) is 5.73 Å². The maximum Gasteiger partial charge on any atom is 0.119 e. The van der Waals surface area contributed by atoms with Gasteiger partial charge >= 0.3 is 0 Å². The molecule has 3 nitrogen and oxygen atoms in total. The highest BCUT2D eigenvalue weighted by Gasteiger charge is 2.52. The third-order valence-electron chi connectivity index (χ3n) is 3.30. The average Bonchev–Trinajstić information content (AvgIpc) is 2.14. The van der Waals surface area contributed by atoms with Gasteiger partial charge in [-0.2, -0.15) is 0 Å². The van der Waals surface area contributed by atoms with E-state index in [0.29, 0.717) is 19.4 Å². The molecule has 0 heterocycles. The molecular weight excluding hydrogens is 190 g/mol. The van der Waals surface area contributed by atoms with Gasteiger partial charge in [0.2, 0.25) is 0 Å². The first kappa shape index (κ1) is 10.5. The second kappa shape index (κ2) is 3.22. The molecule has 0 saturated heterocycles. The van der Waals surface area contributed by atoms with Gasteiger partial charge in [0, 0.05) is 17.5 Å². The van der Waals surface area contributed by atoms with Gasteiger partial charge in [0.1, 0.15) is 5.75 Å². The van der Waals surface area contributed by atoms with E-state index in [1.54, 1.807) is 19.1 Å². The molecule has 1 saturated carbocycles. The van der Waals surface area contributed by atoms with E-state index in [1.807, 2.05) is 12.1 Å². The molecule has 0 amide bonds. The Kier molecular flexibility index (Phi) is 2.24. The smallest absolute Gasteiger partial charge is 0.119 e. The van der Waals surface area contributed by atoms with Crippen molar-refractivity contribution in [2.75, 3.05) is 6.54 Å². The first-order valence-corrected chi connectivity index (χ1v) is 5.20. The van der Waals surface area contributed by atoms with E-state index in [9.17, 15) is 10.2 Å². The molecule has 15 heavy (non-hydrogen) atoms. The van der Waals surface area contributed by atoms with Crippen LogP contribution in [0.5, 0.6) is 5.75 Å². The molecule has 2 rings (SSSR count). The lowest BCUT2D eigenvalue weighted by atomic mass is 9.56. The van der Waals surface area contributed by atoms with Crippen molar-refractivity contribution >= 4 is 0 Å². The Labute approximate surface area is 89.5 Å². The zero-order chi connectivity index (χ0) is 11.1. The summed E-state index contributed by atoms with van der Waals surface area (Å²) >= 11 is 0. The highest BCUT2D eigenvalue weighted by molar-refractivity contribution is 5.42. The van der Waals surface area contributed by atoms with E-state index in [2.05, 4.69) is 0 Å². The molecule has 1 aliphatic carbocycles. The van der Waals surface area contributed by atoms with Crippen LogP contribution in [0, 0.1) is 0 Å². The minimum absolute atomic E-state index is 0.241. The van der Waals surface area contributed by atoms with Crippen LogP contribution >= 0.6 is 0 Å². The molecule has 1 aliphatic rings. The zero-order valence-corrected chi connectivity index (χ0v) is 8.90. The molecule has 1 fully saturated rings. The fourth-order valence-electron chi connectivity index (χ4n) is 2.77. The van der Waals surface area contributed by atoms with E-state index in [0.717, 1.165) is 5.56 Å². The first-order chi connectivity index (χ1) is 6.99. The van der Waals surface area contributed by atoms with Crippen LogP contribution in [0.15, 0.2) is 24.3 Å². The van der Waals surface area contributed by atoms with Gasteiger partial charge in [0.05, 0.1) is 5.60 Å². The van der Waals surface area contributed by atoms with Crippen LogP contribution in [-0.2, 0) is 5.41 Å². The van der Waals surface area contributed by atoms with Crippen LogP contribution in [0.4, 0.5) is 0 Å². The molecule has 0 spiro atoms. The van der Waals surface area contributed by atoms with Crippen LogP contribution < -0.4 is 5.73 Å². The second-order valence-electron chi connectivity index (χ2n) is 4.85. The van der Waals surface area contributed by atoms with E-state index in [-0.39, 0.29) is 11.2 Å². The summed E-state index contributed by atoms with van der Waals surface area (Å²) in [5, 5.41) is 19.6. The molecule has 1 aromatic carbocycles. The largest absolute Gasteiger partial charge is 0.508 e. The summed E-state index contributed by atoms with van der Waals surface area (Å²) in [5.41, 5.74) is 5.75. The average molecular weight is 207 g/mol. The third-order valence-corrected chi connectivity index (χ3v) is 3.30. The van der Waals surface area contributed by atoms with E-state index in [1.165, 1.54) is 0 Å². The van der Waals surface area contributed by atoms with E-state index >= 15 is 0 Å². The maximum atomic E-state index is 9.79. The lowest BCUT2D eigenvalue weighted by Crippen LogP contribution is -2.56. The summed E-state index contributed by atoms with van der Waals surface area (Å²) in [5.74, 6) is 0.276. The van der Waals surface area contributed by atoms with Crippen LogP contribution in [0.1, 0.15) is 25.3 Å². The van der Waals surface area contributed by atoms with Gasteiger partial charge in [-0.15, -0.1) is 0 Å². The lowest BCUT2D eigenvalue weighted by molar-refractivity contribution is -0.0731. The van der Waals surface area contributed by atoms with Crippen molar-refractivity contribution in [3.8, 4) is 5.75 Å². The molecule has 1 aromatic rings. The van der Waals surface area contributed by atoms with Gasteiger partial charge in [0.25, 0.3) is 0 Å². The molecular formula is C12H17NO2. The number of hydrogen-bond acceptors (Lipinski definition) is 3. The van der Waals surface area contributed by atoms with Crippen molar-refractivity contribution in [3.05, 3.63) is 29.8 Å². The molecule has 0 bridgehead atoms. The predicted molar refractivity (Wildman–Crippen MR) is 58.7 cm³/mol. The molecule has 0 atom stereocenters. The number of aliphatic hydroxyl groups is 1. The van der Waals surface area contributed by atoms with Gasteiger partial charge in [0.15, 0.2) is 0 Å². The number of nitrogens with two attached hydrogens (primary N) is 1. The highest BCUT2D eigenvalue weighted by Crippen LogP contribution is 2.51. The summed E-state index contributed by atoms with van der Waals surface area (Å²) in [6.45, 7) is 2.27. The van der Waals surface area contributed by atoms with Gasteiger partial charge < -0.3 is 15.9 Å². The number of phenols is 1. The quantitative estimate of drug-likeness (QED) is 0.681. The van der Waals surface area contributed by atoms with Gasteiger partial charge in [-0.3, -0.25) is 0 Å². The van der Waals surface area contributed by atoms with Gasteiger partial charge in [-0.05, 0) is 25.8 Å². The Bertz CT molecular complexity index is 366. The fraction of sp³-hybridized carbons (Fsp3) is 0.500. The number of para-hydroxylation sites is 1. The second-order valence-corrected chi connectivity index (χ2v) is 4.85.